The summed E-state index contributed by atoms with van der Waals surface area (Å²) in [5.41, 5.74) is 3.06. The fourth-order valence-electron chi connectivity index (χ4n) is 4.06. The van der Waals surface area contributed by atoms with Crippen molar-refractivity contribution in [3.63, 3.8) is 0 Å². The van der Waals surface area contributed by atoms with E-state index >= 15 is 0 Å². The number of hydrogen-bond acceptors (Lipinski definition) is 9. The van der Waals surface area contributed by atoms with E-state index in [1.807, 2.05) is 24.3 Å². The summed E-state index contributed by atoms with van der Waals surface area (Å²) in [6.07, 6.45) is 1.49. The summed E-state index contributed by atoms with van der Waals surface area (Å²) in [6.45, 7) is 4.01. The van der Waals surface area contributed by atoms with Gasteiger partial charge in [-0.3, -0.25) is 0 Å². The summed E-state index contributed by atoms with van der Waals surface area (Å²) >= 11 is 6.04. The van der Waals surface area contributed by atoms with Crippen LogP contribution in [0.3, 0.4) is 0 Å². The smallest absolute Gasteiger partial charge is 0.414 e. The first kappa shape index (κ1) is 32.5. The average molecular weight is 580 g/mol. The highest BCUT2D eigenvalue weighted by Crippen LogP contribution is 2.26. The molecule has 2 aromatic rings. The van der Waals surface area contributed by atoms with Crippen molar-refractivity contribution in [2.45, 2.75) is 57.8 Å². The quantitative estimate of drug-likeness (QED) is 0.141. The van der Waals surface area contributed by atoms with Crippen molar-refractivity contribution in [2.24, 2.45) is 0 Å². The first-order valence-electron chi connectivity index (χ1n) is 12.8. The largest absolute Gasteiger partial charge is 0.473 e. The van der Waals surface area contributed by atoms with Gasteiger partial charge in [0.1, 0.15) is 5.75 Å². The van der Waals surface area contributed by atoms with Gasteiger partial charge in [0.2, 0.25) is 0 Å². The number of carboxylic acids is 2. The van der Waals surface area contributed by atoms with Crippen LogP contribution in [-0.2, 0) is 41.5 Å². The van der Waals surface area contributed by atoms with Crippen LogP contribution in [0.5, 0.6) is 5.75 Å². The number of carbonyl (C=O) groups excluding carboxylic acids is 2. The molecule has 0 saturated carbocycles. The molecule has 0 spiro atoms. The number of hydrogen-bond donors (Lipinski definition) is 4. The molecule has 1 aliphatic carbocycles. The molecule has 40 heavy (non-hydrogen) atoms. The monoisotopic (exact) mass is 579 g/mol. The number of aliphatic carboxylic acids is 2. The van der Waals surface area contributed by atoms with E-state index < -0.39 is 36.1 Å². The summed E-state index contributed by atoms with van der Waals surface area (Å²) in [5.74, 6) is -4.79. The summed E-state index contributed by atoms with van der Waals surface area (Å²) in [6, 6.07) is 13.0. The van der Waals surface area contributed by atoms with E-state index in [0.29, 0.717) is 17.3 Å². The van der Waals surface area contributed by atoms with Gasteiger partial charge in [-0.1, -0.05) is 29.8 Å². The predicted octanol–water partition coefficient (Wildman–Crippen LogP) is 2.94. The molecule has 0 bridgehead atoms. The van der Waals surface area contributed by atoms with Gasteiger partial charge in [-0.2, -0.15) is 0 Å². The lowest BCUT2D eigenvalue weighted by Crippen LogP contribution is -2.38. The van der Waals surface area contributed by atoms with Crippen LogP contribution < -0.4 is 10.1 Å². The SMILES string of the molecule is CCOC(=O)C(Oc1ccc2c(c1)CC(NC[C@H](O)c1cccc(Cl)c1)CCC2)C(=O)OCC.O=C(O)C(=O)O. The molecule has 0 heterocycles. The van der Waals surface area contributed by atoms with E-state index in [2.05, 4.69) is 5.32 Å². The number of rotatable bonds is 10. The number of benzene rings is 2. The maximum atomic E-state index is 12.3. The predicted molar refractivity (Wildman–Crippen MR) is 144 cm³/mol. The van der Waals surface area contributed by atoms with Gasteiger partial charge in [0.15, 0.2) is 0 Å². The van der Waals surface area contributed by atoms with E-state index in [1.54, 1.807) is 32.0 Å². The van der Waals surface area contributed by atoms with Crippen molar-refractivity contribution in [2.75, 3.05) is 19.8 Å². The Balaban J connectivity index is 0.000000840. The number of carboxylic acid groups (broad SMARTS) is 2. The fourth-order valence-corrected chi connectivity index (χ4v) is 4.26. The Hall–Kier alpha value is -3.67. The third-order valence-electron chi connectivity index (χ3n) is 5.91. The Bertz CT molecular complexity index is 1140. The Morgan fingerprint density at radius 2 is 1.62 bits per heavy atom. The first-order chi connectivity index (χ1) is 19.0. The van der Waals surface area contributed by atoms with E-state index in [1.165, 1.54) is 5.56 Å². The van der Waals surface area contributed by atoms with Crippen LogP contribution in [0.1, 0.15) is 49.5 Å². The van der Waals surface area contributed by atoms with Crippen molar-refractivity contribution in [1.29, 1.82) is 0 Å². The van der Waals surface area contributed by atoms with Crippen molar-refractivity contribution < 1.29 is 48.7 Å². The van der Waals surface area contributed by atoms with Crippen molar-refractivity contribution >= 4 is 35.5 Å². The molecule has 0 amide bonds. The summed E-state index contributed by atoms with van der Waals surface area (Å²) in [4.78, 5) is 42.7. The fraction of sp³-hybridized carbons (Fsp3) is 0.429. The standard InChI is InChI=1S/C26H32ClNO6.C2H2O4/c1-3-32-25(30)24(26(31)33-4-2)34-22-12-11-17-7-6-10-21(14-19(17)15-22)28-16-23(29)18-8-5-9-20(27)13-18;3-1(4)2(5)6/h5,8-9,11-13,15,21,23-24,28-29H,3-4,6-7,10,14,16H2,1-2H3;(H,3,4)(H,5,6)/t21?,23-;/m0./s1. The second-order valence-corrected chi connectivity index (χ2v) is 9.25. The zero-order chi connectivity index (χ0) is 29.7. The van der Waals surface area contributed by atoms with Crippen LogP contribution in [0.4, 0.5) is 0 Å². The molecule has 2 aromatic carbocycles. The Morgan fingerprint density at radius 3 is 2.20 bits per heavy atom. The topological polar surface area (TPSA) is 169 Å². The highest BCUT2D eigenvalue weighted by molar-refractivity contribution is 6.30. The number of halogens is 1. The third kappa shape index (κ3) is 10.5. The molecule has 2 atom stereocenters. The molecule has 1 unspecified atom stereocenters. The number of aliphatic hydroxyl groups excluding tert-OH is 1. The number of esters is 2. The highest BCUT2D eigenvalue weighted by atomic mass is 35.5. The maximum absolute atomic E-state index is 12.3. The Morgan fingerprint density at radius 1 is 0.975 bits per heavy atom. The normalized spacial score (nSPS) is 15.0. The number of aryl methyl sites for hydroxylation is 1. The minimum Gasteiger partial charge on any atom is -0.473 e. The van der Waals surface area contributed by atoms with Gasteiger partial charge in [0.25, 0.3) is 6.10 Å². The Labute approximate surface area is 237 Å². The highest BCUT2D eigenvalue weighted by Gasteiger charge is 2.32. The molecule has 0 aliphatic heterocycles. The second kappa shape index (κ2) is 16.4. The minimum atomic E-state index is -1.82. The van der Waals surface area contributed by atoms with E-state index in [0.717, 1.165) is 36.8 Å². The zero-order valence-corrected chi connectivity index (χ0v) is 23.1. The molecule has 11 nitrogen and oxygen atoms in total. The molecule has 0 fully saturated rings. The van der Waals surface area contributed by atoms with Gasteiger partial charge in [-0.05, 0) is 80.5 Å². The molecule has 0 radical (unpaired) electrons. The van der Waals surface area contributed by atoms with Crippen molar-refractivity contribution in [1.82, 2.24) is 5.32 Å². The van der Waals surface area contributed by atoms with Gasteiger partial charge in [0, 0.05) is 17.6 Å². The van der Waals surface area contributed by atoms with Crippen LogP contribution >= 0.6 is 11.6 Å². The minimum absolute atomic E-state index is 0.136. The summed E-state index contributed by atoms with van der Waals surface area (Å²) < 4.78 is 15.7. The van der Waals surface area contributed by atoms with E-state index in [9.17, 15) is 14.7 Å². The molecule has 4 N–H and O–H groups in total. The Kier molecular flexibility index (Phi) is 13.4. The van der Waals surface area contributed by atoms with Crippen LogP contribution in [0, 0.1) is 0 Å². The molecule has 3 rings (SSSR count). The lowest BCUT2D eigenvalue weighted by atomic mass is 10.0. The molecular formula is C28H34ClNO10. The third-order valence-corrected chi connectivity index (χ3v) is 6.15. The van der Waals surface area contributed by atoms with Crippen molar-refractivity contribution in [3.8, 4) is 5.75 Å². The van der Waals surface area contributed by atoms with Gasteiger partial charge in [-0.25, -0.2) is 19.2 Å². The number of aliphatic hydroxyl groups is 1. The van der Waals surface area contributed by atoms with E-state index in [4.69, 9.17) is 45.6 Å². The zero-order valence-electron chi connectivity index (χ0n) is 22.3. The van der Waals surface area contributed by atoms with Gasteiger partial charge in [-0.15, -0.1) is 0 Å². The lowest BCUT2D eigenvalue weighted by Gasteiger charge is -2.21. The van der Waals surface area contributed by atoms with Crippen molar-refractivity contribution in [3.05, 3.63) is 64.2 Å². The molecule has 218 valence electrons. The number of ether oxygens (including phenoxy) is 3. The van der Waals surface area contributed by atoms with Crippen LogP contribution in [0.15, 0.2) is 42.5 Å². The summed E-state index contributed by atoms with van der Waals surface area (Å²) in [7, 11) is 0. The van der Waals surface area contributed by atoms with Crippen LogP contribution in [0.25, 0.3) is 0 Å². The molecule has 0 saturated heterocycles. The lowest BCUT2D eigenvalue weighted by molar-refractivity contribution is -0.166. The van der Waals surface area contributed by atoms with Crippen LogP contribution in [0.2, 0.25) is 5.02 Å². The van der Waals surface area contributed by atoms with Gasteiger partial charge >= 0.3 is 23.9 Å². The van der Waals surface area contributed by atoms with Crippen LogP contribution in [-0.4, -0.2) is 71.1 Å². The summed E-state index contributed by atoms with van der Waals surface area (Å²) in [5, 5.41) is 29.4. The maximum Gasteiger partial charge on any atom is 0.414 e. The average Bonchev–Trinajstić information content (AvgIpc) is 3.12. The van der Waals surface area contributed by atoms with E-state index in [-0.39, 0.29) is 19.3 Å². The molecule has 1 aliphatic rings. The molecule has 12 heteroatoms. The van der Waals surface area contributed by atoms with Gasteiger partial charge in [0.05, 0.1) is 19.3 Å². The first-order valence-corrected chi connectivity index (χ1v) is 13.2. The van der Waals surface area contributed by atoms with Gasteiger partial charge < -0.3 is 34.8 Å². The molecule has 0 aromatic heterocycles. The number of carbonyl (C=O) groups is 4. The molecular weight excluding hydrogens is 546 g/mol. The second-order valence-electron chi connectivity index (χ2n) is 8.82. The number of nitrogens with one attached hydrogen (secondary N) is 1. The number of fused-ring (bicyclic) bond motifs is 1.